The Kier molecular flexibility index (Phi) is 8.77. The molecule has 0 atom stereocenters. The first-order valence-electron chi connectivity index (χ1n) is 9.24. The molecule has 2 rings (SSSR count). The number of ether oxygens (including phenoxy) is 1. The van der Waals surface area contributed by atoms with E-state index in [1.54, 1.807) is 12.1 Å². The Morgan fingerprint density at radius 3 is 2.54 bits per heavy atom. The van der Waals surface area contributed by atoms with Gasteiger partial charge in [-0.05, 0) is 76.0 Å². The minimum absolute atomic E-state index is 0.0383. The summed E-state index contributed by atoms with van der Waals surface area (Å²) in [4.78, 5) is 14.3. The standard InChI is InChI=1S/C19H29F2N3O2/c1-22-10-6-16-8-12-24(13-9-16)14-18(25)23-11-7-15-2-4-17(5-3-15)26-19(20)21/h2-5,16,19,22H,6-14H2,1H3,(H,23,25). The summed E-state index contributed by atoms with van der Waals surface area (Å²) in [6.07, 6.45) is 4.18. The molecule has 1 aromatic rings. The molecule has 26 heavy (non-hydrogen) atoms. The maximum absolute atomic E-state index is 12.1. The molecule has 0 bridgehead atoms. The van der Waals surface area contributed by atoms with Crippen LogP contribution in [-0.2, 0) is 11.2 Å². The molecule has 2 N–H and O–H groups in total. The normalized spacial score (nSPS) is 16.0. The van der Waals surface area contributed by atoms with Crippen LogP contribution in [-0.4, -0.2) is 57.2 Å². The van der Waals surface area contributed by atoms with E-state index < -0.39 is 6.61 Å². The van der Waals surface area contributed by atoms with Crippen molar-refractivity contribution in [3.63, 3.8) is 0 Å². The Bertz CT molecular complexity index is 532. The first-order valence-corrected chi connectivity index (χ1v) is 9.24. The maximum atomic E-state index is 12.1. The van der Waals surface area contributed by atoms with E-state index >= 15 is 0 Å². The zero-order valence-corrected chi connectivity index (χ0v) is 15.3. The lowest BCUT2D eigenvalue weighted by Crippen LogP contribution is -2.42. The number of likely N-dealkylation sites (tertiary alicyclic amines) is 1. The van der Waals surface area contributed by atoms with E-state index in [0.717, 1.165) is 44.0 Å². The predicted molar refractivity (Wildman–Crippen MR) is 97.5 cm³/mol. The predicted octanol–water partition coefficient (Wildman–Crippen LogP) is 2.27. The van der Waals surface area contributed by atoms with Gasteiger partial charge in [-0.2, -0.15) is 8.78 Å². The fourth-order valence-electron chi connectivity index (χ4n) is 3.22. The number of hydrogen-bond donors (Lipinski definition) is 2. The van der Waals surface area contributed by atoms with Crippen molar-refractivity contribution in [3.8, 4) is 5.75 Å². The van der Waals surface area contributed by atoms with Gasteiger partial charge in [-0.25, -0.2) is 0 Å². The number of piperidine rings is 1. The van der Waals surface area contributed by atoms with Crippen molar-refractivity contribution in [3.05, 3.63) is 29.8 Å². The molecular weight excluding hydrogens is 340 g/mol. The minimum Gasteiger partial charge on any atom is -0.435 e. The Morgan fingerprint density at radius 1 is 1.23 bits per heavy atom. The van der Waals surface area contributed by atoms with Gasteiger partial charge in [-0.1, -0.05) is 12.1 Å². The molecule has 0 radical (unpaired) electrons. The zero-order valence-electron chi connectivity index (χ0n) is 15.3. The Labute approximate surface area is 154 Å². The molecule has 0 aliphatic carbocycles. The summed E-state index contributed by atoms with van der Waals surface area (Å²) in [7, 11) is 1.98. The van der Waals surface area contributed by atoms with E-state index in [0.29, 0.717) is 19.5 Å². The molecule has 1 aliphatic heterocycles. The van der Waals surface area contributed by atoms with E-state index in [2.05, 4.69) is 20.3 Å². The highest BCUT2D eigenvalue weighted by atomic mass is 19.3. The highest BCUT2D eigenvalue weighted by molar-refractivity contribution is 5.78. The van der Waals surface area contributed by atoms with Crippen LogP contribution < -0.4 is 15.4 Å². The van der Waals surface area contributed by atoms with Gasteiger partial charge in [0, 0.05) is 6.54 Å². The van der Waals surface area contributed by atoms with E-state index in [9.17, 15) is 13.6 Å². The number of rotatable bonds is 10. The van der Waals surface area contributed by atoms with Crippen LogP contribution in [0.3, 0.4) is 0 Å². The first kappa shape index (κ1) is 20.6. The summed E-state index contributed by atoms with van der Waals surface area (Å²) < 4.78 is 28.5. The summed E-state index contributed by atoms with van der Waals surface area (Å²) in [5.74, 6) is 0.945. The highest BCUT2D eigenvalue weighted by Crippen LogP contribution is 2.19. The topological polar surface area (TPSA) is 53.6 Å². The van der Waals surface area contributed by atoms with Crippen LogP contribution >= 0.6 is 0 Å². The van der Waals surface area contributed by atoms with Crippen molar-refractivity contribution < 1.29 is 18.3 Å². The molecule has 1 amide bonds. The molecule has 7 heteroatoms. The summed E-state index contributed by atoms with van der Waals surface area (Å²) in [6.45, 7) is 1.18. The molecule has 0 spiro atoms. The smallest absolute Gasteiger partial charge is 0.387 e. The zero-order chi connectivity index (χ0) is 18.8. The van der Waals surface area contributed by atoms with Crippen molar-refractivity contribution in [2.45, 2.75) is 32.3 Å². The number of hydrogen-bond acceptors (Lipinski definition) is 4. The third-order valence-corrected chi connectivity index (χ3v) is 4.76. The Balaban J connectivity index is 1.60. The molecule has 146 valence electrons. The average molecular weight is 369 g/mol. The van der Waals surface area contributed by atoms with Crippen molar-refractivity contribution in [2.24, 2.45) is 5.92 Å². The van der Waals surface area contributed by atoms with Crippen molar-refractivity contribution >= 4 is 5.91 Å². The molecule has 1 aliphatic rings. The van der Waals surface area contributed by atoms with Crippen molar-refractivity contribution in [1.29, 1.82) is 0 Å². The third-order valence-electron chi connectivity index (χ3n) is 4.76. The van der Waals surface area contributed by atoms with Crippen LogP contribution in [0.15, 0.2) is 24.3 Å². The van der Waals surface area contributed by atoms with Gasteiger partial charge in [0.2, 0.25) is 5.91 Å². The molecule has 1 fully saturated rings. The molecule has 1 heterocycles. The Morgan fingerprint density at radius 2 is 1.92 bits per heavy atom. The average Bonchev–Trinajstić information content (AvgIpc) is 2.62. The molecule has 0 aromatic heterocycles. The molecule has 0 unspecified atom stereocenters. The van der Waals surface area contributed by atoms with Crippen LogP contribution in [0.2, 0.25) is 0 Å². The third kappa shape index (κ3) is 7.66. The summed E-state index contributed by atoms with van der Waals surface area (Å²) in [5, 5.41) is 6.12. The number of nitrogens with zero attached hydrogens (tertiary/aromatic N) is 1. The van der Waals surface area contributed by atoms with Crippen LogP contribution in [0, 0.1) is 5.92 Å². The lowest BCUT2D eigenvalue weighted by molar-refractivity contribution is -0.122. The van der Waals surface area contributed by atoms with Crippen molar-refractivity contribution in [2.75, 3.05) is 39.8 Å². The van der Waals surface area contributed by atoms with Gasteiger partial charge >= 0.3 is 6.61 Å². The van der Waals surface area contributed by atoms with E-state index in [-0.39, 0.29) is 11.7 Å². The van der Waals surface area contributed by atoms with Crippen LogP contribution in [0.5, 0.6) is 5.75 Å². The largest absolute Gasteiger partial charge is 0.435 e. The molecule has 0 saturated carbocycles. The second-order valence-electron chi connectivity index (χ2n) is 6.73. The van der Waals surface area contributed by atoms with Gasteiger partial charge < -0.3 is 15.4 Å². The lowest BCUT2D eigenvalue weighted by Gasteiger charge is -2.31. The molecule has 1 aromatic carbocycles. The van der Waals surface area contributed by atoms with Gasteiger partial charge in [0.05, 0.1) is 6.54 Å². The van der Waals surface area contributed by atoms with Crippen molar-refractivity contribution in [1.82, 2.24) is 15.5 Å². The van der Waals surface area contributed by atoms with E-state index in [1.807, 2.05) is 7.05 Å². The number of amides is 1. The monoisotopic (exact) mass is 369 g/mol. The number of carbonyl (C=O) groups excluding carboxylic acids is 1. The number of halogens is 2. The minimum atomic E-state index is -2.81. The highest BCUT2D eigenvalue weighted by Gasteiger charge is 2.20. The van der Waals surface area contributed by atoms with Crippen LogP contribution in [0.4, 0.5) is 8.78 Å². The van der Waals surface area contributed by atoms with E-state index in [4.69, 9.17) is 0 Å². The van der Waals surface area contributed by atoms with Gasteiger partial charge in [0.1, 0.15) is 5.75 Å². The second kappa shape index (κ2) is 11.1. The molecular formula is C19H29F2N3O2. The number of carbonyl (C=O) groups is 1. The summed E-state index contributed by atoms with van der Waals surface area (Å²) in [6, 6.07) is 6.50. The van der Waals surface area contributed by atoms with Gasteiger partial charge in [0.15, 0.2) is 0 Å². The summed E-state index contributed by atoms with van der Waals surface area (Å²) in [5.41, 5.74) is 0.970. The quantitative estimate of drug-likeness (QED) is 0.664. The number of alkyl halides is 2. The molecule has 5 nitrogen and oxygen atoms in total. The summed E-state index contributed by atoms with van der Waals surface area (Å²) >= 11 is 0. The number of nitrogens with one attached hydrogen (secondary N) is 2. The second-order valence-corrected chi connectivity index (χ2v) is 6.73. The lowest BCUT2D eigenvalue weighted by atomic mass is 9.93. The fourth-order valence-corrected chi connectivity index (χ4v) is 3.22. The SMILES string of the molecule is CNCCC1CCN(CC(=O)NCCc2ccc(OC(F)F)cc2)CC1. The van der Waals surface area contributed by atoms with Crippen LogP contribution in [0.25, 0.3) is 0 Å². The van der Waals surface area contributed by atoms with Gasteiger partial charge in [0.25, 0.3) is 0 Å². The molecule has 1 saturated heterocycles. The first-order chi connectivity index (χ1) is 12.6. The fraction of sp³-hybridized carbons (Fsp3) is 0.632. The number of benzene rings is 1. The maximum Gasteiger partial charge on any atom is 0.387 e. The Hall–Kier alpha value is -1.73. The van der Waals surface area contributed by atoms with Crippen LogP contribution in [0.1, 0.15) is 24.8 Å². The van der Waals surface area contributed by atoms with E-state index in [1.165, 1.54) is 18.6 Å². The van der Waals surface area contributed by atoms with Gasteiger partial charge in [-0.3, -0.25) is 9.69 Å². The van der Waals surface area contributed by atoms with Gasteiger partial charge in [-0.15, -0.1) is 0 Å².